The van der Waals surface area contributed by atoms with E-state index in [2.05, 4.69) is 10.1 Å². The standard InChI is InChI=1S/C19H18F3N3O4/c20-19(21,22)29-17-8-4-1-5-14(17)23-18(26)13-9-11-24(12-10-13)15-6-2-3-7-16(15)25(27)28/h1-8,13H,9-12H2,(H,23,26). The van der Waals surface area contributed by atoms with Gasteiger partial charge in [0.25, 0.3) is 5.69 Å². The van der Waals surface area contributed by atoms with E-state index in [1.54, 1.807) is 18.2 Å². The fourth-order valence-electron chi connectivity index (χ4n) is 3.29. The molecule has 0 spiro atoms. The summed E-state index contributed by atoms with van der Waals surface area (Å²) in [5.41, 5.74) is 0.421. The highest BCUT2D eigenvalue weighted by molar-refractivity contribution is 5.94. The number of carbonyl (C=O) groups excluding carboxylic acids is 1. The summed E-state index contributed by atoms with van der Waals surface area (Å²) < 4.78 is 41.5. The van der Waals surface area contributed by atoms with Crippen molar-refractivity contribution < 1.29 is 27.6 Å². The molecule has 0 radical (unpaired) electrons. The van der Waals surface area contributed by atoms with E-state index >= 15 is 0 Å². The van der Waals surface area contributed by atoms with Crippen molar-refractivity contribution in [3.63, 3.8) is 0 Å². The van der Waals surface area contributed by atoms with Gasteiger partial charge in [0.05, 0.1) is 10.6 Å². The number of halogens is 3. The Bertz CT molecular complexity index is 896. The molecule has 1 saturated heterocycles. The normalized spacial score (nSPS) is 15.1. The molecule has 1 N–H and O–H groups in total. The minimum absolute atomic E-state index is 0.00590. The predicted molar refractivity (Wildman–Crippen MR) is 99.8 cm³/mol. The van der Waals surface area contributed by atoms with E-state index in [0.717, 1.165) is 6.07 Å². The quantitative estimate of drug-likeness (QED) is 0.586. The zero-order chi connectivity index (χ0) is 21.0. The van der Waals surface area contributed by atoms with Crippen molar-refractivity contribution in [1.29, 1.82) is 0 Å². The summed E-state index contributed by atoms with van der Waals surface area (Å²) in [4.78, 5) is 25.1. The van der Waals surface area contributed by atoms with Gasteiger partial charge in [0.1, 0.15) is 5.69 Å². The van der Waals surface area contributed by atoms with Crippen LogP contribution in [0.4, 0.5) is 30.2 Å². The Kier molecular flexibility index (Phi) is 5.90. The average Bonchev–Trinajstić information content (AvgIpc) is 2.68. The Morgan fingerprint density at radius 3 is 2.38 bits per heavy atom. The van der Waals surface area contributed by atoms with Crippen molar-refractivity contribution in [2.24, 2.45) is 5.92 Å². The van der Waals surface area contributed by atoms with Gasteiger partial charge >= 0.3 is 6.36 Å². The molecule has 0 aromatic heterocycles. The Morgan fingerprint density at radius 2 is 1.72 bits per heavy atom. The molecule has 7 nitrogen and oxygen atoms in total. The van der Waals surface area contributed by atoms with Gasteiger partial charge in [-0.25, -0.2) is 0 Å². The summed E-state index contributed by atoms with van der Waals surface area (Å²) in [5, 5.41) is 13.7. The summed E-state index contributed by atoms with van der Waals surface area (Å²) in [6.45, 7) is 0.841. The lowest BCUT2D eigenvalue weighted by Gasteiger charge is -2.32. The summed E-state index contributed by atoms with van der Waals surface area (Å²) in [6, 6.07) is 11.7. The number of anilines is 2. The summed E-state index contributed by atoms with van der Waals surface area (Å²) in [5.74, 6) is -1.32. The van der Waals surface area contributed by atoms with Crippen LogP contribution in [-0.2, 0) is 4.79 Å². The number of hydrogen-bond acceptors (Lipinski definition) is 5. The number of nitro benzene ring substituents is 1. The number of piperidine rings is 1. The zero-order valence-electron chi connectivity index (χ0n) is 15.2. The van der Waals surface area contributed by atoms with Crippen LogP contribution in [-0.4, -0.2) is 30.3 Å². The van der Waals surface area contributed by atoms with Crippen molar-refractivity contribution in [3.05, 3.63) is 58.6 Å². The molecule has 2 aromatic carbocycles. The molecular formula is C19H18F3N3O4. The van der Waals surface area contributed by atoms with Gasteiger partial charge in [-0.3, -0.25) is 14.9 Å². The van der Waals surface area contributed by atoms with Crippen molar-refractivity contribution in [2.75, 3.05) is 23.3 Å². The molecule has 0 atom stereocenters. The first-order valence-corrected chi connectivity index (χ1v) is 8.88. The second-order valence-corrected chi connectivity index (χ2v) is 6.54. The number of nitro groups is 1. The third kappa shape index (κ3) is 5.15. The Labute approximate surface area is 164 Å². The third-order valence-electron chi connectivity index (χ3n) is 4.66. The van der Waals surface area contributed by atoms with Crippen molar-refractivity contribution in [1.82, 2.24) is 0 Å². The van der Waals surface area contributed by atoms with Crippen molar-refractivity contribution >= 4 is 23.0 Å². The van der Waals surface area contributed by atoms with Crippen LogP contribution >= 0.6 is 0 Å². The molecule has 0 unspecified atom stereocenters. The van der Waals surface area contributed by atoms with Crippen LogP contribution in [0.2, 0.25) is 0 Å². The number of rotatable bonds is 5. The van der Waals surface area contributed by atoms with E-state index in [9.17, 15) is 28.1 Å². The Balaban J connectivity index is 1.64. The Hall–Kier alpha value is -3.30. The topological polar surface area (TPSA) is 84.7 Å². The van der Waals surface area contributed by atoms with E-state index < -0.39 is 28.9 Å². The molecule has 1 aliphatic heterocycles. The lowest BCUT2D eigenvalue weighted by atomic mass is 9.95. The molecule has 1 fully saturated rings. The molecule has 2 aromatic rings. The summed E-state index contributed by atoms with van der Waals surface area (Å²) >= 11 is 0. The van der Waals surface area contributed by atoms with Crippen LogP contribution < -0.4 is 15.0 Å². The molecule has 29 heavy (non-hydrogen) atoms. The van der Waals surface area contributed by atoms with E-state index in [-0.39, 0.29) is 11.4 Å². The fraction of sp³-hybridized carbons (Fsp3) is 0.316. The maximum atomic E-state index is 12.5. The van der Waals surface area contributed by atoms with Crippen LogP contribution in [0.15, 0.2) is 48.5 Å². The Morgan fingerprint density at radius 1 is 1.10 bits per heavy atom. The van der Waals surface area contributed by atoms with Gasteiger partial charge in [0, 0.05) is 25.1 Å². The molecule has 10 heteroatoms. The molecule has 0 aliphatic carbocycles. The van der Waals surface area contributed by atoms with Crippen LogP contribution in [0.3, 0.4) is 0 Å². The first-order valence-electron chi connectivity index (χ1n) is 8.88. The number of alkyl halides is 3. The molecule has 1 heterocycles. The smallest absolute Gasteiger partial charge is 0.404 e. The van der Waals surface area contributed by atoms with Gasteiger partial charge in [0.2, 0.25) is 5.91 Å². The maximum Gasteiger partial charge on any atom is 0.573 e. The second-order valence-electron chi connectivity index (χ2n) is 6.54. The first-order chi connectivity index (χ1) is 13.7. The molecule has 0 saturated carbocycles. The SMILES string of the molecule is O=C(Nc1ccccc1OC(F)(F)F)C1CCN(c2ccccc2[N+](=O)[O-])CC1. The number of nitrogens with zero attached hydrogens (tertiary/aromatic N) is 2. The van der Waals surface area contributed by atoms with Crippen LogP contribution in [0.5, 0.6) is 5.75 Å². The van der Waals surface area contributed by atoms with Crippen LogP contribution in [0.1, 0.15) is 12.8 Å². The van der Waals surface area contributed by atoms with Crippen molar-refractivity contribution in [3.8, 4) is 5.75 Å². The zero-order valence-corrected chi connectivity index (χ0v) is 15.2. The number of amides is 1. The number of benzene rings is 2. The van der Waals surface area contributed by atoms with Crippen LogP contribution in [0.25, 0.3) is 0 Å². The number of para-hydroxylation sites is 4. The minimum atomic E-state index is -4.86. The predicted octanol–water partition coefficient (Wildman–Crippen LogP) is 4.35. The monoisotopic (exact) mass is 409 g/mol. The molecule has 1 amide bonds. The van der Waals surface area contributed by atoms with E-state index in [4.69, 9.17) is 0 Å². The summed E-state index contributed by atoms with van der Waals surface area (Å²) in [7, 11) is 0. The first kappa shape index (κ1) is 20.4. The van der Waals surface area contributed by atoms with Gasteiger partial charge < -0.3 is 15.0 Å². The van der Waals surface area contributed by atoms with E-state index in [1.807, 2.05) is 4.90 Å². The molecule has 154 valence electrons. The minimum Gasteiger partial charge on any atom is -0.404 e. The van der Waals surface area contributed by atoms with Crippen molar-refractivity contribution in [2.45, 2.75) is 19.2 Å². The molecule has 1 aliphatic rings. The number of nitrogens with one attached hydrogen (secondary N) is 1. The lowest BCUT2D eigenvalue weighted by Crippen LogP contribution is -2.38. The summed E-state index contributed by atoms with van der Waals surface area (Å²) in [6.07, 6.45) is -4.03. The molecule has 0 bridgehead atoms. The molecule has 3 rings (SSSR count). The molecular weight excluding hydrogens is 391 g/mol. The third-order valence-corrected chi connectivity index (χ3v) is 4.66. The maximum absolute atomic E-state index is 12.5. The lowest BCUT2D eigenvalue weighted by molar-refractivity contribution is -0.384. The second kappa shape index (κ2) is 8.38. The largest absolute Gasteiger partial charge is 0.573 e. The highest BCUT2D eigenvalue weighted by Gasteiger charge is 2.33. The van der Waals surface area contributed by atoms with E-state index in [1.165, 1.54) is 24.3 Å². The average molecular weight is 409 g/mol. The number of carbonyl (C=O) groups is 1. The van der Waals surface area contributed by atoms with Gasteiger partial charge in [-0.2, -0.15) is 0 Å². The van der Waals surface area contributed by atoms with Gasteiger partial charge in [-0.05, 0) is 31.0 Å². The highest BCUT2D eigenvalue weighted by Crippen LogP contribution is 2.33. The number of hydrogen-bond donors (Lipinski definition) is 1. The fourth-order valence-corrected chi connectivity index (χ4v) is 3.29. The van der Waals surface area contributed by atoms with E-state index in [0.29, 0.717) is 31.6 Å². The highest BCUT2D eigenvalue weighted by atomic mass is 19.4. The van der Waals surface area contributed by atoms with Gasteiger partial charge in [0.15, 0.2) is 5.75 Å². The van der Waals surface area contributed by atoms with Gasteiger partial charge in [-0.15, -0.1) is 13.2 Å². The number of ether oxygens (including phenoxy) is 1. The van der Waals surface area contributed by atoms with Gasteiger partial charge in [-0.1, -0.05) is 24.3 Å². The van der Waals surface area contributed by atoms with Crippen LogP contribution in [0, 0.1) is 16.0 Å².